The van der Waals surface area contributed by atoms with Gasteiger partial charge < -0.3 is 0 Å². The summed E-state index contributed by atoms with van der Waals surface area (Å²) in [6.07, 6.45) is 8.17. The van der Waals surface area contributed by atoms with Gasteiger partial charge in [0, 0.05) is 11.5 Å². The molecule has 0 unspecified atom stereocenters. The molecule has 0 rings (SSSR count). The molecule has 0 amide bonds. The smallest absolute Gasteiger partial charge is 0.00454 e. The van der Waals surface area contributed by atoms with E-state index in [1.807, 2.05) is 51.1 Å². The van der Waals surface area contributed by atoms with Gasteiger partial charge in [-0.3, -0.25) is 0 Å². The highest BCUT2D eigenvalue weighted by atomic mass is 33.8. The summed E-state index contributed by atoms with van der Waals surface area (Å²) in [5.41, 5.74) is 1.01. The molecule has 0 bridgehead atoms. The predicted molar refractivity (Wildman–Crippen MR) is 114 cm³/mol. The molecule has 0 spiro atoms. The molecule has 0 nitrogen and oxygen atoms in total. The molecule has 0 aliphatic rings. The Morgan fingerprint density at radius 1 is 0.524 bits per heavy atom. The van der Waals surface area contributed by atoms with E-state index in [4.69, 9.17) is 0 Å². The van der Waals surface area contributed by atoms with Crippen molar-refractivity contribution >= 4 is 51.1 Å². The summed E-state index contributed by atoms with van der Waals surface area (Å²) in [6, 6.07) is 0. The Labute approximate surface area is 152 Å². The average Bonchev–Trinajstić information content (AvgIpc) is 2.32. The second-order valence-electron chi connectivity index (χ2n) is 7.88. The SMILES string of the molecule is CC(C)(C)CCCCSSSSSCCCCC(C)(C)C. The van der Waals surface area contributed by atoms with Crippen LogP contribution in [-0.4, -0.2) is 11.5 Å². The number of hydrogen-bond acceptors (Lipinski definition) is 5. The van der Waals surface area contributed by atoms with Gasteiger partial charge in [0.2, 0.25) is 0 Å². The van der Waals surface area contributed by atoms with Crippen molar-refractivity contribution in [3.63, 3.8) is 0 Å². The lowest BCUT2D eigenvalue weighted by molar-refractivity contribution is 0.364. The Hall–Kier alpha value is 1.75. The molecule has 0 aliphatic heterocycles. The van der Waals surface area contributed by atoms with Gasteiger partial charge in [-0.1, -0.05) is 76.0 Å². The monoisotopic (exact) mass is 386 g/mol. The molecule has 0 aromatic rings. The third-order valence-electron chi connectivity index (χ3n) is 2.96. The summed E-state index contributed by atoms with van der Waals surface area (Å²) >= 11 is 0. The molecule has 5 heteroatoms. The van der Waals surface area contributed by atoms with Gasteiger partial charge in [-0.25, -0.2) is 0 Å². The van der Waals surface area contributed by atoms with Crippen LogP contribution in [0, 0.1) is 10.8 Å². The van der Waals surface area contributed by atoms with Crippen molar-refractivity contribution in [2.75, 3.05) is 11.5 Å². The van der Waals surface area contributed by atoms with Crippen LogP contribution in [0.2, 0.25) is 0 Å². The maximum Gasteiger partial charge on any atom is 0.00454 e. The van der Waals surface area contributed by atoms with Crippen LogP contribution in [0.1, 0.15) is 80.1 Å². The molecule has 0 heterocycles. The third-order valence-corrected chi connectivity index (χ3v) is 11.8. The van der Waals surface area contributed by atoms with Crippen LogP contribution in [0.25, 0.3) is 0 Å². The van der Waals surface area contributed by atoms with Crippen LogP contribution < -0.4 is 0 Å². The number of rotatable bonds is 12. The van der Waals surface area contributed by atoms with Crippen molar-refractivity contribution < 1.29 is 0 Å². The molecular formula is C16H34S5. The molecule has 128 valence electrons. The summed E-state index contributed by atoms with van der Waals surface area (Å²) in [6.45, 7) is 14.0. The van der Waals surface area contributed by atoms with E-state index in [-0.39, 0.29) is 0 Å². The number of unbranched alkanes of at least 4 members (excludes halogenated alkanes) is 2. The molecule has 0 radical (unpaired) electrons. The molecule has 21 heavy (non-hydrogen) atoms. The van der Waals surface area contributed by atoms with E-state index in [2.05, 4.69) is 41.5 Å². The minimum Gasteiger partial charge on any atom is -0.0817 e. The molecule has 0 N–H and O–H groups in total. The second kappa shape index (κ2) is 13.1. The van der Waals surface area contributed by atoms with Crippen molar-refractivity contribution in [3.05, 3.63) is 0 Å². The molecule has 0 aliphatic carbocycles. The van der Waals surface area contributed by atoms with Crippen LogP contribution in [0.3, 0.4) is 0 Å². The van der Waals surface area contributed by atoms with E-state index in [1.54, 1.807) is 0 Å². The average molecular weight is 387 g/mol. The van der Waals surface area contributed by atoms with Crippen LogP contribution in [0.15, 0.2) is 0 Å². The summed E-state index contributed by atoms with van der Waals surface area (Å²) in [4.78, 5) is 0. The van der Waals surface area contributed by atoms with Gasteiger partial charge in [-0.15, -0.1) is 0 Å². The lowest BCUT2D eigenvalue weighted by Gasteiger charge is -2.17. The maximum atomic E-state index is 2.33. The molecule has 0 saturated carbocycles. The van der Waals surface area contributed by atoms with Gasteiger partial charge in [-0.2, -0.15) is 0 Å². The predicted octanol–water partition coefficient (Wildman–Crippen LogP) is 8.75. The summed E-state index contributed by atoms with van der Waals surface area (Å²) in [5.74, 6) is 2.59. The van der Waals surface area contributed by atoms with Crippen molar-refractivity contribution in [2.24, 2.45) is 10.8 Å². The molecule has 0 saturated heterocycles. The van der Waals surface area contributed by atoms with Crippen molar-refractivity contribution in [3.8, 4) is 0 Å². The Balaban J connectivity index is 3.10. The first-order valence-corrected chi connectivity index (χ1v) is 14.4. The highest BCUT2D eigenvalue weighted by molar-refractivity contribution is 9.35. The Morgan fingerprint density at radius 3 is 1.24 bits per heavy atom. The third kappa shape index (κ3) is 21.8. The molecule has 0 fully saturated rings. The maximum absolute atomic E-state index is 2.33. The molecule has 0 aromatic heterocycles. The van der Waals surface area contributed by atoms with Gasteiger partial charge in [-0.05, 0) is 66.0 Å². The summed E-state index contributed by atoms with van der Waals surface area (Å²) < 4.78 is 0. The van der Waals surface area contributed by atoms with Crippen LogP contribution in [0.5, 0.6) is 0 Å². The highest BCUT2D eigenvalue weighted by Crippen LogP contribution is 2.48. The Kier molecular flexibility index (Phi) is 14.2. The summed E-state index contributed by atoms with van der Waals surface area (Å²) in [5, 5.41) is 0. The van der Waals surface area contributed by atoms with E-state index in [0.717, 1.165) is 0 Å². The van der Waals surface area contributed by atoms with E-state index in [0.29, 0.717) is 10.8 Å². The fraction of sp³-hybridized carbons (Fsp3) is 1.00. The largest absolute Gasteiger partial charge is 0.0817 e. The molecule has 0 atom stereocenters. The van der Waals surface area contributed by atoms with Crippen LogP contribution in [-0.2, 0) is 0 Å². The zero-order valence-corrected chi connectivity index (χ0v) is 18.8. The van der Waals surface area contributed by atoms with Crippen LogP contribution in [0.4, 0.5) is 0 Å². The highest BCUT2D eigenvalue weighted by Gasteiger charge is 2.09. The molecule has 0 aromatic carbocycles. The van der Waals surface area contributed by atoms with Gasteiger partial charge in [0.25, 0.3) is 0 Å². The number of hydrogen-bond donors (Lipinski definition) is 0. The van der Waals surface area contributed by atoms with Gasteiger partial charge >= 0.3 is 0 Å². The first-order valence-electron chi connectivity index (χ1n) is 7.95. The van der Waals surface area contributed by atoms with E-state index < -0.39 is 0 Å². The normalized spacial score (nSPS) is 12.9. The van der Waals surface area contributed by atoms with E-state index in [1.165, 1.54) is 50.0 Å². The zero-order valence-electron chi connectivity index (χ0n) is 14.7. The van der Waals surface area contributed by atoms with Crippen LogP contribution >= 0.6 is 51.1 Å². The van der Waals surface area contributed by atoms with E-state index in [9.17, 15) is 0 Å². The topological polar surface area (TPSA) is 0 Å². The van der Waals surface area contributed by atoms with Crippen molar-refractivity contribution in [1.29, 1.82) is 0 Å². The molecular weight excluding hydrogens is 353 g/mol. The first kappa shape index (κ1) is 22.8. The lowest BCUT2D eigenvalue weighted by atomic mass is 9.90. The first-order chi connectivity index (χ1) is 9.71. The quantitative estimate of drug-likeness (QED) is 0.242. The van der Waals surface area contributed by atoms with E-state index >= 15 is 0 Å². The van der Waals surface area contributed by atoms with Crippen molar-refractivity contribution in [2.45, 2.75) is 80.1 Å². The minimum atomic E-state index is 0.506. The summed E-state index contributed by atoms with van der Waals surface area (Å²) in [7, 11) is 9.89. The van der Waals surface area contributed by atoms with Crippen molar-refractivity contribution in [1.82, 2.24) is 0 Å². The lowest BCUT2D eigenvalue weighted by Crippen LogP contribution is -2.04. The zero-order chi connectivity index (χ0) is 16.2. The van der Waals surface area contributed by atoms with Gasteiger partial charge in [0.1, 0.15) is 0 Å². The van der Waals surface area contributed by atoms with Gasteiger partial charge in [0.05, 0.1) is 0 Å². The fourth-order valence-corrected chi connectivity index (χ4v) is 10.8. The Bertz CT molecular complexity index is 206. The fourth-order valence-electron chi connectivity index (χ4n) is 1.75. The Morgan fingerprint density at radius 2 is 0.905 bits per heavy atom. The second-order valence-corrected chi connectivity index (χ2v) is 15.9. The standard InChI is InChI=1S/C16H34S5/c1-15(2,3)11-7-9-13-17-19-21-20-18-14-10-8-12-16(4,5)6/h7-14H2,1-6H3. The van der Waals surface area contributed by atoms with Gasteiger partial charge in [0.15, 0.2) is 0 Å². The minimum absolute atomic E-state index is 0.506.